The van der Waals surface area contributed by atoms with E-state index < -0.39 is 0 Å². The van der Waals surface area contributed by atoms with Crippen molar-refractivity contribution < 1.29 is 9.32 Å². The fraction of sp³-hybridized carbons (Fsp3) is 0.476. The smallest absolute Gasteiger partial charge is 0.220 e. The van der Waals surface area contributed by atoms with Gasteiger partial charge < -0.3 is 14.4 Å². The molecule has 142 valence electrons. The number of imidazole rings is 1. The molecule has 1 saturated heterocycles. The standard InChI is InChI=1S/C21H26N4O2/c1-12(2)11-25-18-9-8-15(20-13(3)24-27-14(20)4)10-17(18)23-21(25)16-6-5-7-19(26)22-16/h8-10,12,16H,5-7,11H2,1-4H3,(H,22,26). The maximum Gasteiger partial charge on any atom is 0.220 e. The number of fused-ring (bicyclic) bond motifs is 1. The number of aromatic nitrogens is 3. The van der Waals surface area contributed by atoms with Crippen molar-refractivity contribution in [2.75, 3.05) is 0 Å². The van der Waals surface area contributed by atoms with Crippen molar-refractivity contribution in [2.45, 2.75) is 59.5 Å². The Kier molecular flexibility index (Phi) is 4.50. The van der Waals surface area contributed by atoms with Crippen molar-refractivity contribution in [3.63, 3.8) is 0 Å². The van der Waals surface area contributed by atoms with Gasteiger partial charge in [0, 0.05) is 18.5 Å². The lowest BCUT2D eigenvalue weighted by Gasteiger charge is -2.24. The summed E-state index contributed by atoms with van der Waals surface area (Å²) in [7, 11) is 0. The molecule has 2 aromatic heterocycles. The largest absolute Gasteiger partial charge is 0.361 e. The second-order valence-corrected chi connectivity index (χ2v) is 7.89. The van der Waals surface area contributed by atoms with Crippen molar-refractivity contribution in [1.29, 1.82) is 0 Å². The summed E-state index contributed by atoms with van der Waals surface area (Å²) in [6.07, 6.45) is 2.45. The normalized spacial score (nSPS) is 17.7. The monoisotopic (exact) mass is 366 g/mol. The van der Waals surface area contributed by atoms with Gasteiger partial charge in [0.15, 0.2) is 0 Å². The zero-order chi connectivity index (χ0) is 19.1. The lowest BCUT2D eigenvalue weighted by atomic mass is 10.0. The van der Waals surface area contributed by atoms with Gasteiger partial charge in [-0.15, -0.1) is 0 Å². The van der Waals surface area contributed by atoms with Gasteiger partial charge in [-0.3, -0.25) is 4.79 Å². The van der Waals surface area contributed by atoms with E-state index in [0.29, 0.717) is 12.3 Å². The Bertz CT molecular complexity index is 980. The van der Waals surface area contributed by atoms with Gasteiger partial charge in [-0.25, -0.2) is 4.98 Å². The highest BCUT2D eigenvalue weighted by Gasteiger charge is 2.26. The Morgan fingerprint density at radius 1 is 1.33 bits per heavy atom. The summed E-state index contributed by atoms with van der Waals surface area (Å²) >= 11 is 0. The molecule has 1 aliphatic rings. The van der Waals surface area contributed by atoms with E-state index in [9.17, 15) is 4.79 Å². The second-order valence-electron chi connectivity index (χ2n) is 7.89. The molecule has 1 fully saturated rings. The van der Waals surface area contributed by atoms with Gasteiger partial charge in [0.1, 0.15) is 11.6 Å². The summed E-state index contributed by atoms with van der Waals surface area (Å²) in [4.78, 5) is 16.9. The van der Waals surface area contributed by atoms with Crippen LogP contribution >= 0.6 is 0 Å². The van der Waals surface area contributed by atoms with E-state index >= 15 is 0 Å². The van der Waals surface area contributed by atoms with Crippen LogP contribution in [0.4, 0.5) is 0 Å². The van der Waals surface area contributed by atoms with Crippen LogP contribution in [0.5, 0.6) is 0 Å². The summed E-state index contributed by atoms with van der Waals surface area (Å²) in [6, 6.07) is 6.32. The number of nitrogens with one attached hydrogen (secondary N) is 1. The number of hydrogen-bond donors (Lipinski definition) is 1. The first kappa shape index (κ1) is 17.8. The Hall–Kier alpha value is -2.63. The SMILES string of the molecule is Cc1noc(C)c1-c1ccc2c(c1)nc(C1CCCC(=O)N1)n2CC(C)C. The second kappa shape index (κ2) is 6.83. The number of hydrogen-bond acceptors (Lipinski definition) is 4. The van der Waals surface area contributed by atoms with Gasteiger partial charge in [-0.05, 0) is 50.3 Å². The fourth-order valence-corrected chi connectivity index (χ4v) is 4.02. The topological polar surface area (TPSA) is 72.9 Å². The molecular weight excluding hydrogens is 340 g/mol. The molecule has 0 aliphatic carbocycles. The molecule has 0 spiro atoms. The number of carbonyl (C=O) groups is 1. The van der Waals surface area contributed by atoms with Crippen LogP contribution in [0.2, 0.25) is 0 Å². The summed E-state index contributed by atoms with van der Waals surface area (Å²) < 4.78 is 7.60. The molecule has 27 heavy (non-hydrogen) atoms. The third-order valence-electron chi connectivity index (χ3n) is 5.19. The molecule has 1 amide bonds. The van der Waals surface area contributed by atoms with E-state index in [-0.39, 0.29) is 11.9 Å². The van der Waals surface area contributed by atoms with Crippen LogP contribution in [0.1, 0.15) is 56.4 Å². The first-order chi connectivity index (χ1) is 12.9. The number of carbonyl (C=O) groups excluding carboxylic acids is 1. The molecule has 3 heterocycles. The summed E-state index contributed by atoms with van der Waals surface area (Å²) in [5.74, 6) is 2.38. The summed E-state index contributed by atoms with van der Waals surface area (Å²) in [6.45, 7) is 9.17. The Labute approximate surface area is 158 Å². The van der Waals surface area contributed by atoms with Crippen LogP contribution in [-0.4, -0.2) is 20.6 Å². The Balaban J connectivity index is 1.83. The van der Waals surface area contributed by atoms with Crippen molar-refractivity contribution in [3.8, 4) is 11.1 Å². The predicted molar refractivity (Wildman–Crippen MR) is 104 cm³/mol. The minimum Gasteiger partial charge on any atom is -0.361 e. The number of benzene rings is 1. The predicted octanol–water partition coefficient (Wildman–Crippen LogP) is 4.31. The molecular formula is C21H26N4O2. The molecule has 6 nitrogen and oxygen atoms in total. The fourth-order valence-electron chi connectivity index (χ4n) is 4.02. The van der Waals surface area contributed by atoms with Crippen molar-refractivity contribution >= 4 is 16.9 Å². The van der Waals surface area contributed by atoms with Crippen LogP contribution in [0.3, 0.4) is 0 Å². The van der Waals surface area contributed by atoms with E-state index in [0.717, 1.165) is 58.8 Å². The van der Waals surface area contributed by atoms with E-state index in [1.807, 2.05) is 13.8 Å². The molecule has 0 bridgehead atoms. The molecule has 1 atom stereocenters. The minimum absolute atomic E-state index is 0.0140. The van der Waals surface area contributed by atoms with Crippen LogP contribution in [0.25, 0.3) is 22.2 Å². The molecule has 0 radical (unpaired) electrons. The van der Waals surface area contributed by atoms with E-state index in [2.05, 4.69) is 47.1 Å². The van der Waals surface area contributed by atoms with Gasteiger partial charge in [0.25, 0.3) is 0 Å². The molecule has 3 aromatic rings. The Morgan fingerprint density at radius 3 is 2.81 bits per heavy atom. The van der Waals surface area contributed by atoms with Crippen molar-refractivity contribution in [3.05, 3.63) is 35.5 Å². The first-order valence-corrected chi connectivity index (χ1v) is 9.67. The number of rotatable bonds is 4. The molecule has 6 heteroatoms. The molecule has 4 rings (SSSR count). The van der Waals surface area contributed by atoms with Crippen LogP contribution < -0.4 is 5.32 Å². The third kappa shape index (κ3) is 3.24. The highest BCUT2D eigenvalue weighted by molar-refractivity contribution is 5.84. The van der Waals surface area contributed by atoms with Crippen molar-refractivity contribution in [1.82, 2.24) is 20.0 Å². The number of nitrogens with zero attached hydrogens (tertiary/aromatic N) is 3. The number of piperidine rings is 1. The van der Waals surface area contributed by atoms with Gasteiger partial charge in [-0.1, -0.05) is 25.1 Å². The maximum atomic E-state index is 11.9. The zero-order valence-corrected chi connectivity index (χ0v) is 16.4. The number of aryl methyl sites for hydroxylation is 2. The highest BCUT2D eigenvalue weighted by atomic mass is 16.5. The van der Waals surface area contributed by atoms with Gasteiger partial charge in [-0.2, -0.15) is 0 Å². The molecule has 0 saturated carbocycles. The lowest BCUT2D eigenvalue weighted by molar-refractivity contribution is -0.123. The Morgan fingerprint density at radius 2 is 2.15 bits per heavy atom. The van der Waals surface area contributed by atoms with E-state index in [4.69, 9.17) is 9.51 Å². The van der Waals surface area contributed by atoms with Gasteiger partial charge >= 0.3 is 0 Å². The highest BCUT2D eigenvalue weighted by Crippen LogP contribution is 2.32. The van der Waals surface area contributed by atoms with Gasteiger partial charge in [0.2, 0.25) is 5.91 Å². The maximum absolute atomic E-state index is 11.9. The lowest BCUT2D eigenvalue weighted by Crippen LogP contribution is -2.34. The average molecular weight is 366 g/mol. The van der Waals surface area contributed by atoms with Crippen molar-refractivity contribution in [2.24, 2.45) is 5.92 Å². The number of amides is 1. The van der Waals surface area contributed by atoms with Gasteiger partial charge in [0.05, 0.1) is 22.8 Å². The molecule has 1 aliphatic heterocycles. The summed E-state index contributed by atoms with van der Waals surface area (Å²) in [5, 5.41) is 7.19. The third-order valence-corrected chi connectivity index (χ3v) is 5.19. The van der Waals surface area contributed by atoms with E-state index in [1.54, 1.807) is 0 Å². The quantitative estimate of drug-likeness (QED) is 0.747. The molecule has 1 N–H and O–H groups in total. The first-order valence-electron chi connectivity index (χ1n) is 9.67. The molecule has 1 aromatic carbocycles. The average Bonchev–Trinajstić information content (AvgIpc) is 3.14. The van der Waals surface area contributed by atoms with Crippen LogP contribution in [0.15, 0.2) is 22.7 Å². The zero-order valence-electron chi connectivity index (χ0n) is 16.4. The minimum atomic E-state index is -0.0140. The van der Waals surface area contributed by atoms with Crippen LogP contribution in [-0.2, 0) is 11.3 Å². The summed E-state index contributed by atoms with van der Waals surface area (Å²) in [5.41, 5.74) is 5.03. The molecule has 1 unspecified atom stereocenters. The van der Waals surface area contributed by atoms with E-state index in [1.165, 1.54) is 0 Å². The van der Waals surface area contributed by atoms with Crippen LogP contribution in [0, 0.1) is 19.8 Å².